The highest BCUT2D eigenvalue weighted by Gasteiger charge is 2.02. The summed E-state index contributed by atoms with van der Waals surface area (Å²) in [4.78, 5) is 8.25. The highest BCUT2D eigenvalue weighted by Crippen LogP contribution is 2.02. The molecule has 4 heteroatoms. The van der Waals surface area contributed by atoms with Crippen LogP contribution >= 0.6 is 0 Å². The topological polar surface area (TPSA) is 58.0 Å². The van der Waals surface area contributed by atoms with Gasteiger partial charge >= 0.3 is 0 Å². The molecule has 13 heavy (non-hydrogen) atoms. The van der Waals surface area contributed by atoms with E-state index in [2.05, 4.69) is 15.3 Å². The first-order valence-corrected chi connectivity index (χ1v) is 4.39. The van der Waals surface area contributed by atoms with Gasteiger partial charge in [-0.1, -0.05) is 0 Å². The maximum Gasteiger partial charge on any atom is 0.223 e. The molecular weight excluding hydrogens is 166 g/mol. The number of rotatable bonds is 4. The number of nitrogens with zero attached hydrogens (tertiary/aromatic N) is 2. The van der Waals surface area contributed by atoms with Crippen molar-refractivity contribution in [3.8, 4) is 0 Å². The van der Waals surface area contributed by atoms with E-state index in [1.807, 2.05) is 19.9 Å². The van der Waals surface area contributed by atoms with Crippen LogP contribution in [0.25, 0.3) is 0 Å². The smallest absolute Gasteiger partial charge is 0.223 e. The average molecular weight is 181 g/mol. The molecule has 0 aliphatic rings. The summed E-state index contributed by atoms with van der Waals surface area (Å²) < 4.78 is 0. The Balaban J connectivity index is 2.53. The van der Waals surface area contributed by atoms with Gasteiger partial charge in [0, 0.05) is 24.5 Å². The molecule has 1 rings (SSSR count). The molecule has 0 saturated heterocycles. The average Bonchev–Trinajstić information content (AvgIpc) is 2.04. The van der Waals surface area contributed by atoms with Gasteiger partial charge in [-0.05, 0) is 26.3 Å². The molecule has 4 nitrogen and oxygen atoms in total. The molecule has 1 aromatic heterocycles. The highest BCUT2D eigenvalue weighted by molar-refractivity contribution is 5.25. The van der Waals surface area contributed by atoms with Gasteiger partial charge in [-0.25, -0.2) is 9.97 Å². The molecule has 0 saturated carbocycles. The Hall–Kier alpha value is -1.16. The molecule has 0 fully saturated rings. The lowest BCUT2D eigenvalue weighted by atomic mass is 10.2. The molecule has 2 N–H and O–H groups in total. The van der Waals surface area contributed by atoms with Crippen molar-refractivity contribution in [3.63, 3.8) is 0 Å². The summed E-state index contributed by atoms with van der Waals surface area (Å²) in [7, 11) is 0. The van der Waals surface area contributed by atoms with E-state index in [4.69, 9.17) is 5.11 Å². The van der Waals surface area contributed by atoms with E-state index in [0.29, 0.717) is 12.4 Å². The number of aliphatic hydroxyl groups is 1. The molecule has 72 valence electrons. The molecule has 0 aromatic carbocycles. The van der Waals surface area contributed by atoms with Gasteiger partial charge < -0.3 is 10.4 Å². The maximum atomic E-state index is 8.69. The Kier molecular flexibility index (Phi) is 3.64. The van der Waals surface area contributed by atoms with Crippen LogP contribution in [0.2, 0.25) is 0 Å². The summed E-state index contributed by atoms with van der Waals surface area (Å²) in [5, 5.41) is 11.8. The van der Waals surface area contributed by atoms with Crippen LogP contribution in [0.3, 0.4) is 0 Å². The lowest BCUT2D eigenvalue weighted by molar-refractivity contribution is 0.282. The van der Waals surface area contributed by atoms with E-state index in [1.54, 1.807) is 6.20 Å². The maximum absolute atomic E-state index is 8.69. The molecule has 0 bridgehead atoms. The zero-order valence-electron chi connectivity index (χ0n) is 7.99. The van der Waals surface area contributed by atoms with Crippen LogP contribution in [-0.4, -0.2) is 27.7 Å². The van der Waals surface area contributed by atoms with Gasteiger partial charge in [0.2, 0.25) is 5.95 Å². The van der Waals surface area contributed by atoms with Gasteiger partial charge in [0.1, 0.15) is 0 Å². The van der Waals surface area contributed by atoms with Crippen molar-refractivity contribution < 1.29 is 5.11 Å². The second-order valence-corrected chi connectivity index (χ2v) is 3.08. The number of aromatic nitrogens is 2. The fourth-order valence-electron chi connectivity index (χ4n) is 1.00. The Morgan fingerprint density at radius 1 is 1.62 bits per heavy atom. The third-order valence-electron chi connectivity index (χ3n) is 1.73. The second-order valence-electron chi connectivity index (χ2n) is 3.08. The minimum Gasteiger partial charge on any atom is -0.396 e. The minimum absolute atomic E-state index is 0.181. The fourth-order valence-corrected chi connectivity index (χ4v) is 1.00. The van der Waals surface area contributed by atoms with E-state index >= 15 is 0 Å². The normalized spacial score (nSPS) is 12.5. The Morgan fingerprint density at radius 2 is 2.38 bits per heavy atom. The predicted molar refractivity (Wildman–Crippen MR) is 51.6 cm³/mol. The molecule has 1 atom stereocenters. The van der Waals surface area contributed by atoms with Gasteiger partial charge in [-0.3, -0.25) is 0 Å². The molecule has 1 unspecified atom stereocenters. The molecule has 0 aliphatic heterocycles. The fraction of sp³-hybridized carbons (Fsp3) is 0.556. The van der Waals surface area contributed by atoms with Crippen molar-refractivity contribution in [1.82, 2.24) is 9.97 Å². The quantitative estimate of drug-likeness (QED) is 0.726. The molecule has 0 radical (unpaired) electrons. The van der Waals surface area contributed by atoms with Gasteiger partial charge in [-0.15, -0.1) is 0 Å². The zero-order valence-corrected chi connectivity index (χ0v) is 7.99. The SMILES string of the molecule is Cc1ccnc(NC(C)CCO)n1. The van der Waals surface area contributed by atoms with Crippen molar-refractivity contribution in [2.45, 2.75) is 26.3 Å². The summed E-state index contributed by atoms with van der Waals surface area (Å²) in [6.45, 7) is 4.09. The Morgan fingerprint density at radius 3 is 3.00 bits per heavy atom. The van der Waals surface area contributed by atoms with Crippen LogP contribution in [0.4, 0.5) is 5.95 Å². The first kappa shape index (κ1) is 9.92. The first-order chi connectivity index (χ1) is 6.22. The van der Waals surface area contributed by atoms with E-state index in [-0.39, 0.29) is 12.6 Å². The van der Waals surface area contributed by atoms with Crippen molar-refractivity contribution in [2.75, 3.05) is 11.9 Å². The molecule has 1 heterocycles. The summed E-state index contributed by atoms with van der Waals surface area (Å²) in [5.41, 5.74) is 0.939. The summed E-state index contributed by atoms with van der Waals surface area (Å²) in [6, 6.07) is 2.05. The standard InChI is InChI=1S/C9H15N3O/c1-7-3-5-10-9(11-7)12-8(2)4-6-13/h3,5,8,13H,4,6H2,1-2H3,(H,10,11,12). The molecular formula is C9H15N3O. The number of anilines is 1. The van der Waals surface area contributed by atoms with E-state index < -0.39 is 0 Å². The molecule has 0 amide bonds. The zero-order chi connectivity index (χ0) is 9.68. The number of aliphatic hydroxyl groups excluding tert-OH is 1. The lowest BCUT2D eigenvalue weighted by Crippen LogP contribution is -2.18. The Labute approximate surface area is 78.0 Å². The van der Waals surface area contributed by atoms with Gasteiger partial charge in [0.25, 0.3) is 0 Å². The molecule has 0 spiro atoms. The molecule has 1 aromatic rings. The minimum atomic E-state index is 0.181. The largest absolute Gasteiger partial charge is 0.396 e. The predicted octanol–water partition coefficient (Wildman–Crippen LogP) is 0.968. The number of hydrogen-bond donors (Lipinski definition) is 2. The monoisotopic (exact) mass is 181 g/mol. The van der Waals surface area contributed by atoms with Gasteiger partial charge in [0.15, 0.2) is 0 Å². The van der Waals surface area contributed by atoms with E-state index in [1.165, 1.54) is 0 Å². The van der Waals surface area contributed by atoms with Crippen LogP contribution in [0.1, 0.15) is 19.0 Å². The van der Waals surface area contributed by atoms with Gasteiger partial charge in [0.05, 0.1) is 0 Å². The first-order valence-electron chi connectivity index (χ1n) is 4.39. The van der Waals surface area contributed by atoms with Crippen LogP contribution in [0.15, 0.2) is 12.3 Å². The van der Waals surface area contributed by atoms with Crippen LogP contribution in [-0.2, 0) is 0 Å². The Bertz CT molecular complexity index is 265. The van der Waals surface area contributed by atoms with Crippen LogP contribution in [0, 0.1) is 6.92 Å². The van der Waals surface area contributed by atoms with E-state index in [0.717, 1.165) is 5.69 Å². The van der Waals surface area contributed by atoms with Crippen molar-refractivity contribution >= 4 is 5.95 Å². The third-order valence-corrected chi connectivity index (χ3v) is 1.73. The van der Waals surface area contributed by atoms with Crippen molar-refractivity contribution in [3.05, 3.63) is 18.0 Å². The number of hydrogen-bond acceptors (Lipinski definition) is 4. The number of aryl methyl sites for hydroxylation is 1. The van der Waals surface area contributed by atoms with Crippen LogP contribution < -0.4 is 5.32 Å². The van der Waals surface area contributed by atoms with Crippen molar-refractivity contribution in [1.29, 1.82) is 0 Å². The second kappa shape index (κ2) is 4.77. The van der Waals surface area contributed by atoms with Crippen LogP contribution in [0.5, 0.6) is 0 Å². The third kappa shape index (κ3) is 3.38. The van der Waals surface area contributed by atoms with Crippen molar-refractivity contribution in [2.24, 2.45) is 0 Å². The summed E-state index contributed by atoms with van der Waals surface area (Å²) in [6.07, 6.45) is 2.42. The summed E-state index contributed by atoms with van der Waals surface area (Å²) >= 11 is 0. The molecule has 0 aliphatic carbocycles. The van der Waals surface area contributed by atoms with E-state index in [9.17, 15) is 0 Å². The van der Waals surface area contributed by atoms with Gasteiger partial charge in [-0.2, -0.15) is 0 Å². The summed E-state index contributed by atoms with van der Waals surface area (Å²) in [5.74, 6) is 0.626. The lowest BCUT2D eigenvalue weighted by Gasteiger charge is -2.11. The highest BCUT2D eigenvalue weighted by atomic mass is 16.3. The number of nitrogens with one attached hydrogen (secondary N) is 1.